The largest absolute Gasteiger partial charge is 0.505 e. The number of benzene rings is 2. The molecule has 0 saturated heterocycles. The minimum Gasteiger partial charge on any atom is -0.505 e. The number of amides is 1. The van der Waals surface area contributed by atoms with Crippen LogP contribution in [0, 0.1) is 19.8 Å². The van der Waals surface area contributed by atoms with Gasteiger partial charge in [-0.25, -0.2) is 15.0 Å². The highest BCUT2D eigenvalue weighted by Crippen LogP contribution is 2.34. The van der Waals surface area contributed by atoms with Gasteiger partial charge in [0, 0.05) is 29.2 Å². The molecule has 43 heavy (non-hydrogen) atoms. The van der Waals surface area contributed by atoms with Crippen molar-refractivity contribution in [2.24, 2.45) is 5.92 Å². The molecule has 3 heterocycles. The molecule has 0 unspecified atom stereocenters. The van der Waals surface area contributed by atoms with Crippen molar-refractivity contribution in [2.45, 2.75) is 51.6 Å². The van der Waals surface area contributed by atoms with Crippen LogP contribution >= 0.6 is 11.9 Å². The van der Waals surface area contributed by atoms with Gasteiger partial charge in [0.1, 0.15) is 19.2 Å². The summed E-state index contributed by atoms with van der Waals surface area (Å²) in [5.74, 6) is 1.32. The summed E-state index contributed by atoms with van der Waals surface area (Å²) in [6.45, 7) is 8.91. The zero-order valence-electron chi connectivity index (χ0n) is 25.0. The number of anilines is 1. The summed E-state index contributed by atoms with van der Waals surface area (Å²) in [7, 11) is 1.62. The number of rotatable bonds is 7. The number of aryl methyl sites for hydroxylation is 2. The zero-order chi connectivity index (χ0) is 30.5. The van der Waals surface area contributed by atoms with Crippen molar-refractivity contribution >= 4 is 23.8 Å². The van der Waals surface area contributed by atoms with Gasteiger partial charge in [-0.1, -0.05) is 38.1 Å². The van der Waals surface area contributed by atoms with E-state index in [0.717, 1.165) is 27.3 Å². The van der Waals surface area contributed by atoms with Gasteiger partial charge in [0.15, 0.2) is 5.75 Å². The van der Waals surface area contributed by atoms with Crippen LogP contribution in [0.15, 0.2) is 65.8 Å². The van der Waals surface area contributed by atoms with Gasteiger partial charge in [0.05, 0.1) is 30.7 Å². The first-order chi connectivity index (χ1) is 20.7. The van der Waals surface area contributed by atoms with Crippen LogP contribution in [0.3, 0.4) is 0 Å². The number of aromatic hydroxyl groups is 1. The van der Waals surface area contributed by atoms with E-state index in [1.807, 2.05) is 34.6 Å². The van der Waals surface area contributed by atoms with Gasteiger partial charge in [-0.05, 0) is 67.5 Å². The van der Waals surface area contributed by atoms with Crippen LogP contribution in [-0.4, -0.2) is 62.3 Å². The average Bonchev–Trinajstić information content (AvgIpc) is 2.98. The lowest BCUT2D eigenvalue weighted by molar-refractivity contribution is 0.0545. The lowest BCUT2D eigenvalue weighted by Crippen LogP contribution is -2.44. The summed E-state index contributed by atoms with van der Waals surface area (Å²) in [4.78, 5) is 35.1. The Labute approximate surface area is 256 Å². The Kier molecular flexibility index (Phi) is 9.42. The third kappa shape index (κ3) is 7.23. The van der Waals surface area contributed by atoms with Crippen molar-refractivity contribution in [2.75, 3.05) is 24.8 Å². The molecule has 1 N–H and O–H groups in total. The van der Waals surface area contributed by atoms with Crippen molar-refractivity contribution in [3.63, 3.8) is 0 Å². The third-order valence-electron chi connectivity index (χ3n) is 7.07. The monoisotopic (exact) mass is 600 g/mol. The maximum atomic E-state index is 14.2. The number of carbonyl (C=O) groups is 1. The Bertz CT molecular complexity index is 1560. The number of hydrogen-bond acceptors (Lipinski definition) is 10. The van der Waals surface area contributed by atoms with Gasteiger partial charge in [-0.15, -0.1) is 0 Å². The summed E-state index contributed by atoms with van der Waals surface area (Å²) in [5.41, 5.74) is 4.47. The van der Waals surface area contributed by atoms with Gasteiger partial charge in [0.25, 0.3) is 5.91 Å². The molecular weight excluding hydrogens is 564 g/mol. The smallest absolute Gasteiger partial charge is 0.254 e. The van der Waals surface area contributed by atoms with Crippen molar-refractivity contribution in [1.29, 1.82) is 0 Å². The van der Waals surface area contributed by atoms with Crippen molar-refractivity contribution < 1.29 is 19.4 Å². The lowest BCUT2D eigenvalue weighted by Gasteiger charge is -2.32. The van der Waals surface area contributed by atoms with E-state index in [2.05, 4.69) is 49.8 Å². The molecule has 2 aromatic carbocycles. The van der Waals surface area contributed by atoms with E-state index in [4.69, 9.17) is 19.4 Å². The van der Waals surface area contributed by atoms with E-state index in [0.29, 0.717) is 29.6 Å². The van der Waals surface area contributed by atoms with Crippen LogP contribution in [-0.2, 0) is 11.3 Å². The van der Waals surface area contributed by atoms with E-state index >= 15 is 0 Å². The Hall–Kier alpha value is -4.22. The molecule has 11 heteroatoms. The Balaban J connectivity index is 1.65. The zero-order valence-corrected chi connectivity index (χ0v) is 25.8. The normalized spacial score (nSPS) is 15.5. The topological polar surface area (TPSA) is 114 Å². The number of aromatic nitrogens is 4. The van der Waals surface area contributed by atoms with Gasteiger partial charge in [0.2, 0.25) is 11.8 Å². The molecule has 1 amide bonds. The maximum absolute atomic E-state index is 14.2. The average molecular weight is 601 g/mol. The van der Waals surface area contributed by atoms with Crippen LogP contribution in [0.25, 0.3) is 11.3 Å². The summed E-state index contributed by atoms with van der Waals surface area (Å²) in [6, 6.07) is 15.2. The molecule has 0 radical (unpaired) electrons. The molecule has 10 nitrogen and oxygen atoms in total. The SMILES string of the molecule is COCN1Sc2cccc(c2)C(=O)N(Cc2ncc(O)cn2)[C@H](CC(C)C)COc2cc(-c3c(C)cccc3C)nc1n2. The number of carbonyl (C=O) groups excluding carboxylic acids is 1. The first-order valence-electron chi connectivity index (χ1n) is 14.2. The summed E-state index contributed by atoms with van der Waals surface area (Å²) >= 11 is 1.38. The second kappa shape index (κ2) is 13.4. The molecule has 1 aliphatic heterocycles. The molecule has 224 valence electrons. The molecule has 4 aromatic rings. The molecular formula is C32H36N6O4S. The molecule has 0 spiro atoms. The van der Waals surface area contributed by atoms with Crippen LogP contribution in [0.1, 0.15) is 47.6 Å². The molecule has 5 rings (SSSR count). The highest BCUT2D eigenvalue weighted by molar-refractivity contribution is 8.00. The maximum Gasteiger partial charge on any atom is 0.254 e. The van der Waals surface area contributed by atoms with E-state index in [1.165, 1.54) is 24.3 Å². The van der Waals surface area contributed by atoms with Crippen LogP contribution in [0.4, 0.5) is 5.95 Å². The molecule has 1 aliphatic rings. The minimum atomic E-state index is -0.320. The standard InChI is InChI=1S/C32H36N6O4S/c1-20(2)12-24-18-42-29-14-27(30-21(3)8-6-9-22(30)4)35-32(36-29)38(19-41-5)43-26-11-7-10-23(13-26)31(40)37(24)17-28-33-15-25(39)16-34-28/h6-11,13-16,20,24,39H,12,17-19H2,1-5H3/t24-/m1/s1. The number of methoxy groups -OCH3 is 1. The molecule has 0 aliphatic carbocycles. The summed E-state index contributed by atoms with van der Waals surface area (Å²) < 4.78 is 13.8. The number of fused-ring (bicyclic) bond motifs is 4. The Morgan fingerprint density at radius 2 is 1.79 bits per heavy atom. The van der Waals surface area contributed by atoms with Gasteiger partial charge in [-0.3, -0.25) is 9.10 Å². The quantitative estimate of drug-likeness (QED) is 0.260. The first-order valence-corrected chi connectivity index (χ1v) is 14.9. The highest BCUT2D eigenvalue weighted by atomic mass is 32.2. The fraction of sp³-hybridized carbons (Fsp3) is 0.344. The van der Waals surface area contributed by atoms with E-state index in [1.54, 1.807) is 18.1 Å². The Morgan fingerprint density at radius 3 is 2.49 bits per heavy atom. The van der Waals surface area contributed by atoms with Crippen molar-refractivity contribution in [1.82, 2.24) is 24.8 Å². The van der Waals surface area contributed by atoms with Gasteiger partial charge < -0.3 is 19.5 Å². The first kappa shape index (κ1) is 30.2. The van der Waals surface area contributed by atoms with E-state index in [-0.39, 0.29) is 43.5 Å². The number of ether oxygens (including phenoxy) is 2. The molecule has 0 saturated carbocycles. The predicted octanol–water partition coefficient (Wildman–Crippen LogP) is 5.82. The van der Waals surface area contributed by atoms with Crippen molar-refractivity contribution in [3.8, 4) is 22.9 Å². The third-order valence-corrected chi connectivity index (χ3v) is 8.02. The minimum absolute atomic E-state index is 0.0355. The second-order valence-electron chi connectivity index (χ2n) is 11.0. The van der Waals surface area contributed by atoms with Crippen LogP contribution in [0.5, 0.6) is 11.6 Å². The van der Waals surface area contributed by atoms with E-state index < -0.39 is 0 Å². The van der Waals surface area contributed by atoms with E-state index in [9.17, 15) is 9.90 Å². The number of nitrogens with zero attached hydrogens (tertiary/aromatic N) is 6. The fourth-order valence-corrected chi connectivity index (χ4v) is 6.02. The molecule has 0 fully saturated rings. The molecule has 1 atom stereocenters. The summed E-state index contributed by atoms with van der Waals surface area (Å²) in [5, 5.41) is 9.72. The van der Waals surface area contributed by atoms with Crippen molar-refractivity contribution in [3.05, 3.63) is 83.4 Å². The highest BCUT2D eigenvalue weighted by Gasteiger charge is 2.29. The van der Waals surface area contributed by atoms with Crippen LogP contribution < -0.4 is 9.04 Å². The number of hydrogen-bond donors (Lipinski definition) is 1. The summed E-state index contributed by atoms with van der Waals surface area (Å²) in [6.07, 6.45) is 3.34. The second-order valence-corrected chi connectivity index (χ2v) is 12.1. The lowest BCUT2D eigenvalue weighted by atomic mass is 10.00. The molecule has 2 aromatic heterocycles. The fourth-order valence-electron chi connectivity index (χ4n) is 5.13. The van der Waals surface area contributed by atoms with Crippen LogP contribution in [0.2, 0.25) is 0 Å². The Morgan fingerprint density at radius 1 is 1.07 bits per heavy atom. The predicted molar refractivity (Wildman–Crippen MR) is 166 cm³/mol. The van der Waals surface area contributed by atoms with Gasteiger partial charge >= 0.3 is 0 Å². The van der Waals surface area contributed by atoms with Gasteiger partial charge in [-0.2, -0.15) is 4.98 Å². The molecule has 4 bridgehead atoms.